The van der Waals surface area contributed by atoms with Gasteiger partial charge >= 0.3 is 0 Å². The van der Waals surface area contributed by atoms with E-state index in [1.807, 2.05) is 18.2 Å². The number of pyridine rings is 1. The Labute approximate surface area is 108 Å². The first-order valence-corrected chi connectivity index (χ1v) is 6.05. The zero-order valence-electron chi connectivity index (χ0n) is 9.47. The van der Waals surface area contributed by atoms with Crippen molar-refractivity contribution < 1.29 is 0 Å². The van der Waals surface area contributed by atoms with Gasteiger partial charge in [0.05, 0.1) is 17.8 Å². The molecule has 3 aromatic heterocycles. The molecule has 0 saturated carbocycles. The summed E-state index contributed by atoms with van der Waals surface area (Å²) in [5.41, 5.74) is 3.44. The van der Waals surface area contributed by atoms with Crippen LogP contribution < -0.4 is 0 Å². The summed E-state index contributed by atoms with van der Waals surface area (Å²) in [6, 6.07) is 5.81. The van der Waals surface area contributed by atoms with E-state index in [1.165, 1.54) is 0 Å². The fourth-order valence-electron chi connectivity index (χ4n) is 1.81. The minimum Gasteiger partial charge on any atom is -0.274 e. The Kier molecular flexibility index (Phi) is 2.90. The fourth-order valence-corrected chi connectivity index (χ4v) is 1.93. The van der Waals surface area contributed by atoms with E-state index in [1.54, 1.807) is 12.4 Å². The van der Waals surface area contributed by atoms with Crippen molar-refractivity contribution in [3.05, 3.63) is 47.8 Å². The lowest BCUT2D eigenvalue weighted by molar-refractivity contribution is 0.956. The fraction of sp³-hybridized carbons (Fsp3) is 0.167. The van der Waals surface area contributed by atoms with Gasteiger partial charge in [-0.1, -0.05) is 6.07 Å². The van der Waals surface area contributed by atoms with Crippen molar-refractivity contribution in [2.45, 2.75) is 12.3 Å². The van der Waals surface area contributed by atoms with E-state index in [2.05, 4.69) is 25.1 Å². The number of hydrogen-bond acceptors (Lipinski definition) is 4. The Balaban J connectivity index is 2.07. The van der Waals surface area contributed by atoms with E-state index < -0.39 is 0 Å². The normalized spacial score (nSPS) is 10.9. The van der Waals surface area contributed by atoms with Gasteiger partial charge in [0.2, 0.25) is 0 Å². The topological polar surface area (TPSA) is 67.3 Å². The second-order valence-corrected chi connectivity index (χ2v) is 4.12. The molecule has 0 aliphatic heterocycles. The van der Waals surface area contributed by atoms with Crippen LogP contribution in [-0.2, 0) is 12.3 Å². The zero-order valence-corrected chi connectivity index (χ0v) is 10.2. The smallest absolute Gasteiger partial charge is 0.144 e. The highest BCUT2D eigenvalue weighted by molar-refractivity contribution is 6.16. The Bertz CT molecular complexity index is 665. The molecule has 0 radical (unpaired) electrons. The number of aromatic amines is 1. The minimum absolute atomic E-state index is 0.288. The predicted molar refractivity (Wildman–Crippen MR) is 68.3 cm³/mol. The molecular weight excluding hydrogens is 250 g/mol. The van der Waals surface area contributed by atoms with Gasteiger partial charge in [-0.15, -0.1) is 11.6 Å². The lowest BCUT2D eigenvalue weighted by atomic mass is 10.2. The maximum atomic E-state index is 5.80. The first-order chi connectivity index (χ1) is 8.86. The summed E-state index contributed by atoms with van der Waals surface area (Å²) in [5, 5.41) is 6.90. The quantitative estimate of drug-likeness (QED) is 0.731. The second kappa shape index (κ2) is 4.70. The minimum atomic E-state index is 0.288. The second-order valence-electron chi connectivity index (χ2n) is 3.85. The van der Waals surface area contributed by atoms with E-state index in [-0.39, 0.29) is 5.88 Å². The molecule has 0 fully saturated rings. The van der Waals surface area contributed by atoms with Gasteiger partial charge in [0.25, 0.3) is 0 Å². The molecule has 0 atom stereocenters. The number of fused-ring (bicyclic) bond motifs is 1. The maximum absolute atomic E-state index is 5.80. The Morgan fingerprint density at radius 2 is 2.17 bits per heavy atom. The number of alkyl halides is 1. The average molecular weight is 260 g/mol. The summed E-state index contributed by atoms with van der Waals surface area (Å²) < 4.78 is 0. The van der Waals surface area contributed by atoms with E-state index in [0.29, 0.717) is 12.2 Å². The van der Waals surface area contributed by atoms with Gasteiger partial charge < -0.3 is 0 Å². The Morgan fingerprint density at radius 3 is 2.94 bits per heavy atom. The number of nitrogens with zero attached hydrogens (tertiary/aromatic N) is 4. The lowest BCUT2D eigenvalue weighted by Gasteiger charge is -2.03. The predicted octanol–water partition coefficient (Wildman–Crippen LogP) is 2.08. The third-order valence-corrected chi connectivity index (χ3v) is 2.85. The Hall–Kier alpha value is -2.01. The summed E-state index contributed by atoms with van der Waals surface area (Å²) >= 11 is 5.80. The number of hydrogen-bond donors (Lipinski definition) is 1. The van der Waals surface area contributed by atoms with E-state index in [4.69, 9.17) is 11.6 Å². The molecule has 1 N–H and O–H groups in total. The van der Waals surface area contributed by atoms with Gasteiger partial charge in [0, 0.05) is 18.3 Å². The van der Waals surface area contributed by atoms with E-state index in [9.17, 15) is 0 Å². The molecule has 5 nitrogen and oxygen atoms in total. The molecule has 3 rings (SSSR count). The van der Waals surface area contributed by atoms with Crippen molar-refractivity contribution in [3.63, 3.8) is 0 Å². The molecule has 0 aliphatic carbocycles. The van der Waals surface area contributed by atoms with Crippen molar-refractivity contribution >= 4 is 22.6 Å². The Morgan fingerprint density at radius 1 is 1.22 bits per heavy atom. The highest BCUT2D eigenvalue weighted by Gasteiger charge is 2.10. The van der Waals surface area contributed by atoms with Crippen LogP contribution in [0.25, 0.3) is 11.0 Å². The van der Waals surface area contributed by atoms with Gasteiger partial charge in [-0.3, -0.25) is 10.1 Å². The van der Waals surface area contributed by atoms with Gasteiger partial charge in [-0.2, -0.15) is 5.10 Å². The third-order valence-electron chi connectivity index (χ3n) is 2.62. The molecule has 0 amide bonds. The van der Waals surface area contributed by atoms with Crippen LogP contribution >= 0.6 is 11.6 Å². The summed E-state index contributed by atoms with van der Waals surface area (Å²) in [5.74, 6) is 0.896. The number of H-pyrrole nitrogens is 1. The summed E-state index contributed by atoms with van der Waals surface area (Å²) in [4.78, 5) is 13.0. The van der Waals surface area contributed by atoms with Crippen LogP contribution in [0.1, 0.15) is 17.2 Å². The molecule has 6 heteroatoms. The third kappa shape index (κ3) is 2.04. The van der Waals surface area contributed by atoms with Crippen molar-refractivity contribution in [3.8, 4) is 0 Å². The van der Waals surface area contributed by atoms with E-state index in [0.717, 1.165) is 22.4 Å². The van der Waals surface area contributed by atoms with Crippen molar-refractivity contribution in [2.75, 3.05) is 0 Å². The average Bonchev–Trinajstić information content (AvgIpc) is 2.88. The first kappa shape index (κ1) is 11.1. The molecule has 0 unspecified atom stereocenters. The molecule has 0 spiro atoms. The summed E-state index contributed by atoms with van der Waals surface area (Å²) in [6.45, 7) is 0. The van der Waals surface area contributed by atoms with Crippen molar-refractivity contribution in [1.82, 2.24) is 25.1 Å². The molecule has 3 aromatic rings. The summed E-state index contributed by atoms with van der Waals surface area (Å²) in [6.07, 6.45) is 4.07. The monoisotopic (exact) mass is 259 g/mol. The van der Waals surface area contributed by atoms with Crippen LogP contribution in [0.15, 0.2) is 30.6 Å². The number of nitrogens with one attached hydrogen (secondary N) is 1. The van der Waals surface area contributed by atoms with E-state index >= 15 is 0 Å². The molecule has 0 saturated heterocycles. The summed E-state index contributed by atoms with van der Waals surface area (Å²) in [7, 11) is 0. The zero-order chi connectivity index (χ0) is 12.4. The number of aromatic nitrogens is 5. The maximum Gasteiger partial charge on any atom is 0.144 e. The highest BCUT2D eigenvalue weighted by atomic mass is 35.5. The van der Waals surface area contributed by atoms with Crippen LogP contribution in [-0.4, -0.2) is 25.1 Å². The molecule has 0 aromatic carbocycles. The lowest BCUT2D eigenvalue weighted by Crippen LogP contribution is -2.01. The van der Waals surface area contributed by atoms with Gasteiger partial charge in [-0.25, -0.2) is 9.97 Å². The molecular formula is C12H10ClN5. The molecule has 0 aliphatic rings. The molecule has 3 heterocycles. The van der Waals surface area contributed by atoms with Crippen LogP contribution in [0.4, 0.5) is 0 Å². The molecule has 90 valence electrons. The first-order valence-electron chi connectivity index (χ1n) is 5.51. The highest BCUT2D eigenvalue weighted by Crippen LogP contribution is 2.16. The van der Waals surface area contributed by atoms with Crippen LogP contribution in [0.5, 0.6) is 0 Å². The van der Waals surface area contributed by atoms with Crippen molar-refractivity contribution in [1.29, 1.82) is 0 Å². The largest absolute Gasteiger partial charge is 0.274 e. The number of halogens is 1. The van der Waals surface area contributed by atoms with Gasteiger partial charge in [0.1, 0.15) is 16.9 Å². The standard InChI is InChI=1S/C12H10ClN5/c13-6-11-16-9(5-8-3-1-2-4-14-8)12-10(17-11)7-15-18-12/h1-4,7H,5-6H2,(H,15,18). The molecule has 0 bridgehead atoms. The van der Waals surface area contributed by atoms with Crippen LogP contribution in [0.2, 0.25) is 0 Å². The SMILES string of the molecule is ClCc1nc(Cc2ccccn2)c2[nH]ncc2n1. The van der Waals surface area contributed by atoms with Crippen molar-refractivity contribution in [2.24, 2.45) is 0 Å². The van der Waals surface area contributed by atoms with Gasteiger partial charge in [0.15, 0.2) is 0 Å². The van der Waals surface area contributed by atoms with Gasteiger partial charge in [-0.05, 0) is 12.1 Å². The number of rotatable bonds is 3. The van der Waals surface area contributed by atoms with Crippen LogP contribution in [0, 0.1) is 0 Å². The van der Waals surface area contributed by atoms with Crippen LogP contribution in [0.3, 0.4) is 0 Å². The molecule has 18 heavy (non-hydrogen) atoms.